The second kappa shape index (κ2) is 22.0. The van der Waals surface area contributed by atoms with E-state index in [1.807, 2.05) is 0 Å². The zero-order valence-electron chi connectivity index (χ0n) is 29.4. The lowest BCUT2D eigenvalue weighted by Gasteiger charge is -2.07. The van der Waals surface area contributed by atoms with Crippen molar-refractivity contribution in [1.82, 2.24) is 0 Å². The molecular weight excluding hydrogens is 693 g/mol. The predicted octanol–water partition coefficient (Wildman–Crippen LogP) is 11.6. The van der Waals surface area contributed by atoms with Gasteiger partial charge in [0.2, 0.25) is 0 Å². The Kier molecular flexibility index (Phi) is 16.5. The average Bonchev–Trinajstić information content (AvgIpc) is 3.22. The molecule has 0 fully saturated rings. The smallest absolute Gasteiger partial charge is 0.335 e. The summed E-state index contributed by atoms with van der Waals surface area (Å²) < 4.78 is 0. The first-order chi connectivity index (χ1) is 25.8. The third-order valence-electron chi connectivity index (χ3n) is 7.26. The predicted molar refractivity (Wildman–Crippen MR) is 219 cm³/mol. The van der Waals surface area contributed by atoms with Crippen LogP contribution in [0.15, 0.2) is 254 Å². The molecule has 7 aromatic rings. The molecule has 0 saturated heterocycles. The molecule has 0 saturated carbocycles. The van der Waals surface area contributed by atoms with Gasteiger partial charge in [0.15, 0.2) is 29.4 Å². The van der Waals surface area contributed by atoms with E-state index >= 15 is 0 Å². The maximum absolute atomic E-state index is 10.2. The fourth-order valence-corrected chi connectivity index (χ4v) is 8.95. The number of benzene rings is 7. The zero-order valence-corrected chi connectivity index (χ0v) is 31.1. The van der Waals surface area contributed by atoms with Gasteiger partial charge in [0.25, 0.3) is 0 Å². The van der Waals surface area contributed by atoms with Crippen LogP contribution in [0.4, 0.5) is 0 Å². The van der Waals surface area contributed by atoms with Gasteiger partial charge in [-0.25, -0.2) is 9.59 Å². The molecule has 0 aliphatic carbocycles. The van der Waals surface area contributed by atoms with Crippen molar-refractivity contribution in [2.45, 2.75) is 36.3 Å². The van der Waals surface area contributed by atoms with Crippen molar-refractivity contribution < 1.29 is 19.8 Å². The number of hydrogen-bond donors (Lipinski definition) is 2. The molecule has 0 bridgehead atoms. The van der Waals surface area contributed by atoms with E-state index in [0.717, 1.165) is 0 Å². The second-order valence-electron chi connectivity index (χ2n) is 11.2. The van der Waals surface area contributed by atoms with Crippen molar-refractivity contribution in [2.24, 2.45) is 0 Å². The Morgan fingerprint density at radius 1 is 0.377 bits per heavy atom. The van der Waals surface area contributed by atoms with Crippen molar-refractivity contribution in [3.8, 4) is 0 Å². The van der Waals surface area contributed by atoms with Crippen molar-refractivity contribution >= 4 is 33.7 Å². The van der Waals surface area contributed by atoms with Crippen LogP contribution in [0.25, 0.3) is 0 Å². The van der Waals surface area contributed by atoms with Crippen molar-refractivity contribution in [1.29, 1.82) is 0 Å². The Morgan fingerprint density at radius 2 is 0.547 bits per heavy atom. The van der Waals surface area contributed by atoms with E-state index < -0.39 is 11.9 Å². The third-order valence-corrected chi connectivity index (χ3v) is 11.7. The molecular formula is C47H42O4S2+2. The highest BCUT2D eigenvalue weighted by atomic mass is 32.2. The summed E-state index contributed by atoms with van der Waals surface area (Å²) in [5.74, 6) is -1.81. The van der Waals surface area contributed by atoms with Crippen LogP contribution in [0.1, 0.15) is 17.3 Å². The van der Waals surface area contributed by atoms with Crippen LogP contribution in [-0.4, -0.2) is 22.2 Å². The summed E-state index contributed by atoms with van der Waals surface area (Å²) >= 11 is 0. The lowest BCUT2D eigenvalue weighted by molar-refractivity contribution is -0.132. The number of aliphatic carboxylic acids is 1. The van der Waals surface area contributed by atoms with Gasteiger partial charge in [-0.2, -0.15) is 0 Å². The molecule has 0 unspecified atom stereocenters. The molecule has 6 heteroatoms. The molecule has 0 radical (unpaired) electrons. The van der Waals surface area contributed by atoms with Gasteiger partial charge in [-0.1, -0.05) is 134 Å². The Balaban J connectivity index is 0.000000173. The molecule has 0 amide bonds. The van der Waals surface area contributed by atoms with Crippen LogP contribution in [-0.2, 0) is 26.6 Å². The largest absolute Gasteiger partial charge is 0.478 e. The second-order valence-corrected chi connectivity index (χ2v) is 15.3. The number of carboxylic acid groups (broad SMARTS) is 2. The van der Waals surface area contributed by atoms with Gasteiger partial charge in [-0.05, 0) is 91.9 Å². The van der Waals surface area contributed by atoms with Gasteiger partial charge in [-0.15, -0.1) is 0 Å². The minimum atomic E-state index is -0.935. The van der Waals surface area contributed by atoms with E-state index in [2.05, 4.69) is 189 Å². The third kappa shape index (κ3) is 13.2. The van der Waals surface area contributed by atoms with Crippen LogP contribution >= 0.6 is 0 Å². The molecule has 264 valence electrons. The Hall–Kier alpha value is -6.08. The number of carboxylic acids is 2. The van der Waals surface area contributed by atoms with E-state index in [0.29, 0.717) is 5.56 Å². The number of aromatic carboxylic acids is 1. The van der Waals surface area contributed by atoms with Gasteiger partial charge < -0.3 is 10.2 Å². The van der Waals surface area contributed by atoms with E-state index in [1.165, 1.54) is 36.3 Å². The van der Waals surface area contributed by atoms with E-state index in [1.54, 1.807) is 30.3 Å². The minimum Gasteiger partial charge on any atom is -0.478 e. The SMILES string of the molecule is C=C(C)C(=O)O.O=C(O)c1ccccc1.c1ccc([S+](c2ccccc2)c2ccccc2)cc1.c1ccc([S+](c2ccccc2)c2ccccc2)cc1. The monoisotopic (exact) mass is 734 g/mol. The molecule has 0 aliphatic rings. The van der Waals surface area contributed by atoms with Crippen molar-refractivity contribution in [3.63, 3.8) is 0 Å². The molecule has 53 heavy (non-hydrogen) atoms. The zero-order chi connectivity index (χ0) is 37.7. The van der Waals surface area contributed by atoms with Crippen LogP contribution in [0, 0.1) is 0 Å². The van der Waals surface area contributed by atoms with Crippen LogP contribution in [0.5, 0.6) is 0 Å². The van der Waals surface area contributed by atoms with Gasteiger partial charge in [-0.3, -0.25) is 0 Å². The van der Waals surface area contributed by atoms with Gasteiger partial charge >= 0.3 is 11.9 Å². The quantitative estimate of drug-likeness (QED) is 0.120. The first-order valence-electron chi connectivity index (χ1n) is 16.8. The molecule has 0 aromatic heterocycles. The molecule has 0 aliphatic heterocycles. The fourth-order valence-electron chi connectivity index (χ4n) is 4.74. The van der Waals surface area contributed by atoms with Gasteiger partial charge in [0.1, 0.15) is 0 Å². The summed E-state index contributed by atoms with van der Waals surface area (Å²) in [7, 11) is -0.0293. The fraction of sp³-hybridized carbons (Fsp3) is 0.0213. The van der Waals surface area contributed by atoms with Crippen LogP contribution in [0.3, 0.4) is 0 Å². The summed E-state index contributed by atoms with van der Waals surface area (Å²) in [6.45, 7) is 4.60. The summed E-state index contributed by atoms with van der Waals surface area (Å²) in [4.78, 5) is 28.0. The summed E-state index contributed by atoms with van der Waals surface area (Å²) in [5.41, 5.74) is 0.507. The Labute approximate surface area is 318 Å². The average molecular weight is 735 g/mol. The standard InChI is InChI=1S/2C18H15S.C7H6O2.C4H6O2/c2*1-4-10-16(11-5-1)19(17-12-6-2-7-13-17)18-14-8-3-9-15-18;8-7(9)6-4-2-1-3-5-6;1-3(2)4(5)6/h2*1-15H;1-5H,(H,8,9);1H2,2H3,(H,5,6)/q2*+1;;. The molecule has 7 aromatic carbocycles. The normalized spacial score (nSPS) is 9.94. The first kappa shape index (κ1) is 39.7. The van der Waals surface area contributed by atoms with Gasteiger partial charge in [0.05, 0.1) is 27.4 Å². The lowest BCUT2D eigenvalue weighted by Crippen LogP contribution is -2.04. The minimum absolute atomic E-state index is 0.0146. The summed E-state index contributed by atoms with van der Waals surface area (Å²) in [6.07, 6.45) is 0. The maximum Gasteiger partial charge on any atom is 0.335 e. The highest BCUT2D eigenvalue weighted by Crippen LogP contribution is 2.31. The van der Waals surface area contributed by atoms with Crippen LogP contribution in [0.2, 0.25) is 0 Å². The molecule has 0 atom stereocenters. The highest BCUT2D eigenvalue weighted by Gasteiger charge is 2.28. The molecule has 0 heterocycles. The summed E-state index contributed by atoms with van der Waals surface area (Å²) in [5, 5.41) is 16.3. The maximum atomic E-state index is 10.2. The molecule has 2 N–H and O–H groups in total. The van der Waals surface area contributed by atoms with E-state index in [9.17, 15) is 9.59 Å². The van der Waals surface area contributed by atoms with E-state index in [-0.39, 0.29) is 27.4 Å². The molecule has 0 spiro atoms. The number of carbonyl (C=O) groups is 2. The Bertz CT molecular complexity index is 1760. The number of hydrogen-bond acceptors (Lipinski definition) is 2. The molecule has 7 rings (SSSR count). The Morgan fingerprint density at radius 3 is 0.679 bits per heavy atom. The van der Waals surface area contributed by atoms with Gasteiger partial charge in [0, 0.05) is 5.57 Å². The van der Waals surface area contributed by atoms with Crippen molar-refractivity contribution in [3.05, 3.63) is 230 Å². The van der Waals surface area contributed by atoms with Crippen molar-refractivity contribution in [2.75, 3.05) is 0 Å². The topological polar surface area (TPSA) is 74.6 Å². The number of rotatable bonds is 8. The van der Waals surface area contributed by atoms with E-state index in [4.69, 9.17) is 10.2 Å². The summed E-state index contributed by atoms with van der Waals surface area (Å²) in [6, 6.07) is 72.6. The first-order valence-corrected chi connectivity index (χ1v) is 19.3. The molecule has 4 nitrogen and oxygen atoms in total. The van der Waals surface area contributed by atoms with Crippen LogP contribution < -0.4 is 0 Å². The lowest BCUT2D eigenvalue weighted by atomic mass is 10.2. The highest BCUT2D eigenvalue weighted by molar-refractivity contribution is 7.97.